The zero-order chi connectivity index (χ0) is 42.6. The van der Waals surface area contributed by atoms with Crippen LogP contribution in [0.15, 0.2) is 154 Å². The summed E-state index contributed by atoms with van der Waals surface area (Å²) in [6.07, 6.45) is 2.85. The number of anilines is 4. The molecule has 4 N–H and O–H groups in total. The molecule has 4 aromatic carbocycles. The van der Waals surface area contributed by atoms with E-state index in [2.05, 4.69) is 66.8 Å². The molecule has 2 unspecified atom stereocenters. The number of amides is 2. The van der Waals surface area contributed by atoms with Gasteiger partial charge in [-0.3, -0.25) is 9.59 Å². The molecule has 0 spiro atoms. The maximum atomic E-state index is 13.4. The van der Waals surface area contributed by atoms with E-state index in [0.29, 0.717) is 40.3 Å². The monoisotopic (exact) mass is 861 g/mol. The van der Waals surface area contributed by atoms with E-state index in [1.54, 1.807) is 60.9 Å². The number of alkyl halides is 2. The van der Waals surface area contributed by atoms with Gasteiger partial charge in [0.1, 0.15) is 30.3 Å². The lowest BCUT2D eigenvalue weighted by Crippen LogP contribution is -2.28. The van der Waals surface area contributed by atoms with Gasteiger partial charge in [0.2, 0.25) is 11.9 Å². The Morgan fingerprint density at radius 2 is 1.03 bits per heavy atom. The summed E-state index contributed by atoms with van der Waals surface area (Å²) in [4.78, 5) is 42.5. The molecule has 20 heteroatoms. The second kappa shape index (κ2) is 21.8. The van der Waals surface area contributed by atoms with E-state index >= 15 is 0 Å². The molecule has 0 saturated heterocycles. The molecule has 0 fully saturated rings. The molecule has 8 rings (SSSR count). The molecule has 0 bridgehead atoms. The van der Waals surface area contributed by atoms with E-state index in [1.165, 1.54) is 48.8 Å². The number of hydrogen-bond donors (Lipinski definition) is 4. The first-order chi connectivity index (χ1) is 29.7. The first-order valence-electron chi connectivity index (χ1n) is 18.1. The Kier molecular flexibility index (Phi) is 15.9. The number of hydrogen-bond acceptors (Lipinski definition) is 14. The van der Waals surface area contributed by atoms with E-state index in [0.717, 1.165) is 0 Å². The van der Waals surface area contributed by atoms with Crippen LogP contribution >= 0.6 is 0 Å². The molecule has 2 atom stereocenters. The molecule has 63 heavy (non-hydrogen) atoms. The smallest absolute Gasteiger partial charge is 0.314 e. The third-order valence-corrected chi connectivity index (χ3v) is 8.52. The van der Waals surface area contributed by atoms with Crippen LogP contribution in [0.25, 0.3) is 11.5 Å². The summed E-state index contributed by atoms with van der Waals surface area (Å²) in [5, 5.41) is 29.6. The van der Waals surface area contributed by atoms with Crippen molar-refractivity contribution >= 4 is 40.8 Å². The second-order valence-electron chi connectivity index (χ2n) is 12.7. The van der Waals surface area contributed by atoms with E-state index in [-0.39, 0.29) is 49.9 Å². The highest BCUT2D eigenvalue weighted by Gasteiger charge is 2.24. The molecular formula is C43H39F4N13O3. The third-order valence-electron chi connectivity index (χ3n) is 8.52. The summed E-state index contributed by atoms with van der Waals surface area (Å²) >= 11 is 0. The molecule has 0 radical (unpaired) electrons. The van der Waals surface area contributed by atoms with Gasteiger partial charge in [0.15, 0.2) is 0 Å². The highest BCUT2D eigenvalue weighted by molar-refractivity contribution is 6.02. The number of halogens is 4. The first kappa shape index (κ1) is 45.8. The fourth-order valence-electron chi connectivity index (χ4n) is 5.51. The molecule has 7 aromatic rings. The Morgan fingerprint density at radius 3 is 1.43 bits per heavy atom. The van der Waals surface area contributed by atoms with Crippen LogP contribution in [0.3, 0.4) is 0 Å². The Morgan fingerprint density at radius 1 is 0.587 bits per heavy atom. The maximum Gasteiger partial charge on any atom is 0.314 e. The highest BCUT2D eigenvalue weighted by atomic mass is 19.3. The topological polar surface area (TPSA) is 210 Å². The van der Waals surface area contributed by atoms with E-state index in [4.69, 9.17) is 4.42 Å². The average molecular weight is 862 g/mol. The molecule has 1 aliphatic rings. The summed E-state index contributed by atoms with van der Waals surface area (Å²) in [7, 11) is 0. The van der Waals surface area contributed by atoms with Gasteiger partial charge in [-0.25, -0.2) is 28.7 Å². The third kappa shape index (κ3) is 12.4. The van der Waals surface area contributed by atoms with Gasteiger partial charge in [0.25, 0.3) is 23.6 Å². The van der Waals surface area contributed by atoms with Crippen LogP contribution in [0.2, 0.25) is 0 Å². The second-order valence-corrected chi connectivity index (χ2v) is 12.7. The largest absolute Gasteiger partial charge is 0.415 e. The number of para-hydroxylation sites is 2. The molecule has 2 amide bonds. The first-order valence-corrected chi connectivity index (χ1v) is 18.1. The number of aromatic nitrogens is 6. The number of carbonyl (C=O) groups excluding carboxylic acids is 2. The van der Waals surface area contributed by atoms with Crippen LogP contribution in [-0.2, 0) is 9.59 Å². The minimum absolute atomic E-state index is 0. The minimum atomic E-state index is -2.89. The molecule has 4 heterocycles. The van der Waals surface area contributed by atoms with Crippen molar-refractivity contribution in [2.45, 2.75) is 33.4 Å². The minimum Gasteiger partial charge on any atom is -0.415 e. The lowest BCUT2D eigenvalue weighted by atomic mass is 10.1. The lowest BCUT2D eigenvalue weighted by Gasteiger charge is -2.19. The van der Waals surface area contributed by atoms with Crippen molar-refractivity contribution < 1.29 is 31.6 Å². The van der Waals surface area contributed by atoms with Crippen LogP contribution in [0.5, 0.6) is 0 Å². The van der Waals surface area contributed by atoms with Crippen molar-refractivity contribution in [3.8, 4) is 11.5 Å². The summed E-state index contributed by atoms with van der Waals surface area (Å²) in [5.41, 5.74) is 3.88. The number of nitrogens with one attached hydrogen (secondary N) is 4. The normalized spacial score (nSPS) is 12.3. The van der Waals surface area contributed by atoms with Crippen LogP contribution in [0.4, 0.5) is 40.8 Å². The average Bonchev–Trinajstić information content (AvgIpc) is 4.02. The number of carbonyl (C=O) groups is 2. The van der Waals surface area contributed by atoms with Gasteiger partial charge in [0.05, 0.1) is 11.3 Å². The van der Waals surface area contributed by atoms with Gasteiger partial charge < -0.3 is 25.7 Å². The zero-order valence-corrected chi connectivity index (χ0v) is 31.4. The van der Waals surface area contributed by atoms with Crippen LogP contribution in [0, 0.1) is 11.6 Å². The van der Waals surface area contributed by atoms with Crippen molar-refractivity contribution in [1.82, 2.24) is 30.1 Å². The SMILES string of the molecule is C.C.O=C(Nc1ccccc1)C(Nc1ncc(-c2nnc(C(F)F)o2)cn1)c1ccc(F)cc1.O=C(Nc1ccccc1)C(Nc1ncc(C2=NN=NC2)cn1)c1ccc(F)cc1. The zero-order valence-electron chi connectivity index (χ0n) is 31.4. The lowest BCUT2D eigenvalue weighted by molar-refractivity contribution is -0.117. The van der Waals surface area contributed by atoms with Crippen molar-refractivity contribution in [3.63, 3.8) is 0 Å². The molecule has 0 aliphatic carbocycles. The predicted molar refractivity (Wildman–Crippen MR) is 228 cm³/mol. The summed E-state index contributed by atoms with van der Waals surface area (Å²) in [6.45, 7) is 0.383. The number of rotatable bonds is 13. The van der Waals surface area contributed by atoms with Crippen LogP contribution in [0.1, 0.15) is 55.9 Å². The van der Waals surface area contributed by atoms with Gasteiger partial charge >= 0.3 is 6.43 Å². The van der Waals surface area contributed by atoms with Gasteiger partial charge in [-0.2, -0.15) is 13.9 Å². The molecule has 16 nitrogen and oxygen atoms in total. The van der Waals surface area contributed by atoms with Crippen LogP contribution < -0.4 is 21.3 Å². The Balaban J connectivity index is 0.000000231. The van der Waals surface area contributed by atoms with E-state index < -0.39 is 36.1 Å². The molecule has 1 aliphatic heterocycles. The molecule has 3 aromatic heterocycles. The molecule has 322 valence electrons. The Bertz CT molecular complexity index is 2600. The maximum absolute atomic E-state index is 13.4. The Hall–Kier alpha value is -8.29. The summed E-state index contributed by atoms with van der Waals surface area (Å²) in [6, 6.07) is 27.2. The van der Waals surface area contributed by atoms with Gasteiger partial charge in [0, 0.05) is 41.7 Å². The predicted octanol–water partition coefficient (Wildman–Crippen LogP) is 9.24. The molecular weight excluding hydrogens is 823 g/mol. The highest BCUT2D eigenvalue weighted by Crippen LogP contribution is 2.25. The summed E-state index contributed by atoms with van der Waals surface area (Å²) in [5.74, 6) is -2.23. The number of nitrogens with zero attached hydrogens (tertiary/aromatic N) is 9. The standard InChI is InChI=1S/C21H15F3N6O2.C20H16FN7O.2CH4/c22-14-8-6-12(7-9-14)16(18(31)27-15-4-2-1-3-5-15)28-21-25-10-13(11-26-21)19-29-30-20(32-19)17(23)24;21-15-8-6-13(7-9-15)18(19(29)25-16-4-2-1-3-5-16)26-20-22-10-14(11-23-20)17-12-24-28-27-17;;/h1-11,16-17H,(H,27,31)(H,25,26,28);1-11,18H,12H2,(H,25,29)(H,22,23,26);2*1H4. The molecule has 0 saturated carbocycles. The van der Waals surface area contributed by atoms with Crippen molar-refractivity contribution in [1.29, 1.82) is 0 Å². The van der Waals surface area contributed by atoms with Crippen molar-refractivity contribution in [2.75, 3.05) is 27.8 Å². The fourth-order valence-corrected chi connectivity index (χ4v) is 5.51. The van der Waals surface area contributed by atoms with Crippen molar-refractivity contribution in [3.05, 3.63) is 168 Å². The van der Waals surface area contributed by atoms with Gasteiger partial charge in [-0.05, 0) is 64.9 Å². The van der Waals surface area contributed by atoms with Gasteiger partial charge in [-0.15, -0.1) is 15.3 Å². The van der Waals surface area contributed by atoms with Gasteiger partial charge in [-0.1, -0.05) is 75.5 Å². The van der Waals surface area contributed by atoms with Crippen LogP contribution in [-0.4, -0.2) is 54.2 Å². The Labute approximate surface area is 358 Å². The van der Waals surface area contributed by atoms with Crippen molar-refractivity contribution in [2.24, 2.45) is 15.4 Å². The van der Waals surface area contributed by atoms with E-state index in [9.17, 15) is 27.2 Å². The summed E-state index contributed by atoms with van der Waals surface area (Å²) < 4.78 is 56.8. The van der Waals surface area contributed by atoms with E-state index in [1.807, 2.05) is 24.3 Å². The fraction of sp³-hybridized carbons (Fsp3) is 0.140. The quantitative estimate of drug-likeness (QED) is 0.0803. The number of benzene rings is 4.